The summed E-state index contributed by atoms with van der Waals surface area (Å²) in [5, 5.41) is 0.647. The van der Waals surface area contributed by atoms with Crippen molar-refractivity contribution in [1.82, 2.24) is 9.97 Å². The number of fused-ring (bicyclic) bond motifs is 1. The predicted molar refractivity (Wildman–Crippen MR) is 58.3 cm³/mol. The van der Waals surface area contributed by atoms with Crippen LogP contribution in [0.1, 0.15) is 19.7 Å². The highest BCUT2D eigenvalue weighted by atomic mass is 35.5. The van der Waals surface area contributed by atoms with Gasteiger partial charge in [-0.3, -0.25) is 0 Å². The highest BCUT2D eigenvalue weighted by molar-refractivity contribution is 6.34. The standard InChI is InChI=1S/C10H12ClN3/c1-10(2,12)9-13-7-5-3-4-6(11)8(7)14-9/h3-5H,12H2,1-2H3,(H,13,14). The maximum absolute atomic E-state index is 6.00. The van der Waals surface area contributed by atoms with E-state index in [9.17, 15) is 0 Å². The number of aromatic amines is 1. The molecule has 0 amide bonds. The Kier molecular flexibility index (Phi) is 2.01. The Morgan fingerprint density at radius 3 is 2.71 bits per heavy atom. The number of H-pyrrole nitrogens is 1. The van der Waals surface area contributed by atoms with Crippen LogP contribution < -0.4 is 5.73 Å². The first-order valence-electron chi connectivity index (χ1n) is 4.42. The Balaban J connectivity index is 2.69. The van der Waals surface area contributed by atoms with Crippen molar-refractivity contribution in [2.45, 2.75) is 19.4 Å². The number of hydrogen-bond donors (Lipinski definition) is 2. The lowest BCUT2D eigenvalue weighted by Gasteiger charge is -2.13. The molecule has 0 fully saturated rings. The first kappa shape index (κ1) is 9.49. The van der Waals surface area contributed by atoms with Crippen LogP contribution in [0.3, 0.4) is 0 Å². The van der Waals surface area contributed by atoms with Crippen LogP contribution in [0.25, 0.3) is 11.0 Å². The van der Waals surface area contributed by atoms with E-state index in [0.29, 0.717) is 5.02 Å². The van der Waals surface area contributed by atoms with Crippen molar-refractivity contribution in [1.29, 1.82) is 0 Å². The Morgan fingerprint density at radius 2 is 2.14 bits per heavy atom. The number of nitrogens with zero attached hydrogens (tertiary/aromatic N) is 1. The molecule has 74 valence electrons. The van der Waals surface area contributed by atoms with Gasteiger partial charge in [0.2, 0.25) is 0 Å². The van der Waals surface area contributed by atoms with Gasteiger partial charge in [-0.2, -0.15) is 0 Å². The summed E-state index contributed by atoms with van der Waals surface area (Å²) >= 11 is 6.00. The molecule has 0 aliphatic heterocycles. The summed E-state index contributed by atoms with van der Waals surface area (Å²) in [5.41, 5.74) is 7.17. The minimum absolute atomic E-state index is 0.470. The van der Waals surface area contributed by atoms with Gasteiger partial charge in [-0.25, -0.2) is 4.98 Å². The third-order valence-electron chi connectivity index (χ3n) is 2.07. The van der Waals surface area contributed by atoms with E-state index in [-0.39, 0.29) is 0 Å². The molecule has 4 heteroatoms. The van der Waals surface area contributed by atoms with Gasteiger partial charge in [0.05, 0.1) is 16.1 Å². The van der Waals surface area contributed by atoms with Crippen molar-refractivity contribution >= 4 is 22.6 Å². The molecule has 1 aromatic heterocycles. The Labute approximate surface area is 87.3 Å². The largest absolute Gasteiger partial charge is 0.340 e. The molecular weight excluding hydrogens is 198 g/mol. The molecule has 0 aliphatic carbocycles. The third kappa shape index (κ3) is 1.49. The smallest absolute Gasteiger partial charge is 0.126 e. The monoisotopic (exact) mass is 209 g/mol. The number of para-hydroxylation sites is 1. The number of nitrogens with two attached hydrogens (primary N) is 1. The molecule has 0 radical (unpaired) electrons. The van der Waals surface area contributed by atoms with Gasteiger partial charge in [-0.05, 0) is 26.0 Å². The number of nitrogens with one attached hydrogen (secondary N) is 1. The summed E-state index contributed by atoms with van der Waals surface area (Å²) in [7, 11) is 0. The average molecular weight is 210 g/mol. The Bertz CT molecular complexity index is 468. The zero-order chi connectivity index (χ0) is 10.3. The Morgan fingerprint density at radius 1 is 1.43 bits per heavy atom. The fourth-order valence-corrected chi connectivity index (χ4v) is 1.52. The van der Waals surface area contributed by atoms with Crippen molar-refractivity contribution in [2.75, 3.05) is 0 Å². The molecule has 14 heavy (non-hydrogen) atoms. The second-order valence-electron chi connectivity index (χ2n) is 3.94. The van der Waals surface area contributed by atoms with Gasteiger partial charge in [0.1, 0.15) is 11.3 Å². The minimum Gasteiger partial charge on any atom is -0.340 e. The SMILES string of the molecule is CC(C)(N)c1nc2c(Cl)cccc2[nH]1. The van der Waals surface area contributed by atoms with E-state index in [4.69, 9.17) is 17.3 Å². The molecular formula is C10H12ClN3. The van der Waals surface area contributed by atoms with E-state index >= 15 is 0 Å². The average Bonchev–Trinajstić information content (AvgIpc) is 2.48. The molecule has 1 heterocycles. The maximum Gasteiger partial charge on any atom is 0.126 e. The Hall–Kier alpha value is -1.06. The second-order valence-corrected chi connectivity index (χ2v) is 4.35. The lowest BCUT2D eigenvalue weighted by molar-refractivity contribution is 0.522. The summed E-state index contributed by atoms with van der Waals surface area (Å²) in [6.45, 7) is 3.80. The molecule has 0 atom stereocenters. The van der Waals surface area contributed by atoms with Crippen molar-refractivity contribution < 1.29 is 0 Å². The van der Waals surface area contributed by atoms with Crippen LogP contribution in [-0.4, -0.2) is 9.97 Å². The highest BCUT2D eigenvalue weighted by Crippen LogP contribution is 2.24. The number of aromatic nitrogens is 2. The van der Waals surface area contributed by atoms with Crippen LogP contribution in [0.2, 0.25) is 5.02 Å². The van der Waals surface area contributed by atoms with Gasteiger partial charge in [0.15, 0.2) is 0 Å². The fraction of sp³-hybridized carbons (Fsp3) is 0.300. The second kappa shape index (κ2) is 2.97. The third-order valence-corrected chi connectivity index (χ3v) is 2.38. The van der Waals surface area contributed by atoms with Crippen LogP contribution in [0.15, 0.2) is 18.2 Å². The number of rotatable bonds is 1. The maximum atomic E-state index is 6.00. The number of benzene rings is 1. The summed E-state index contributed by atoms with van der Waals surface area (Å²) in [4.78, 5) is 7.53. The van der Waals surface area contributed by atoms with Crippen LogP contribution in [0.4, 0.5) is 0 Å². The van der Waals surface area contributed by atoms with E-state index in [2.05, 4.69) is 9.97 Å². The molecule has 3 nitrogen and oxygen atoms in total. The predicted octanol–water partition coefficient (Wildman–Crippen LogP) is 2.41. The van der Waals surface area contributed by atoms with E-state index in [1.807, 2.05) is 32.0 Å². The molecule has 0 unspecified atom stereocenters. The fourth-order valence-electron chi connectivity index (χ4n) is 1.30. The minimum atomic E-state index is -0.470. The van der Waals surface area contributed by atoms with Crippen molar-refractivity contribution in [3.63, 3.8) is 0 Å². The molecule has 1 aromatic carbocycles. The summed E-state index contributed by atoms with van der Waals surface area (Å²) in [5.74, 6) is 0.751. The van der Waals surface area contributed by atoms with Crippen LogP contribution >= 0.6 is 11.6 Å². The van der Waals surface area contributed by atoms with Gasteiger partial charge in [-0.15, -0.1) is 0 Å². The first-order chi connectivity index (χ1) is 6.48. The lowest BCUT2D eigenvalue weighted by Crippen LogP contribution is -2.30. The normalized spacial score (nSPS) is 12.3. The lowest BCUT2D eigenvalue weighted by atomic mass is 10.1. The zero-order valence-electron chi connectivity index (χ0n) is 8.13. The van der Waals surface area contributed by atoms with Gasteiger partial charge in [0, 0.05) is 0 Å². The summed E-state index contributed by atoms with van der Waals surface area (Å²) < 4.78 is 0. The molecule has 0 saturated carbocycles. The van der Waals surface area contributed by atoms with Crippen molar-refractivity contribution in [3.8, 4) is 0 Å². The number of hydrogen-bond acceptors (Lipinski definition) is 2. The molecule has 0 aliphatic rings. The highest BCUT2D eigenvalue weighted by Gasteiger charge is 2.19. The molecule has 0 spiro atoms. The van der Waals surface area contributed by atoms with Crippen molar-refractivity contribution in [2.24, 2.45) is 5.73 Å². The van der Waals surface area contributed by atoms with Crippen LogP contribution in [-0.2, 0) is 5.54 Å². The van der Waals surface area contributed by atoms with Gasteiger partial charge >= 0.3 is 0 Å². The van der Waals surface area contributed by atoms with Gasteiger partial charge in [0.25, 0.3) is 0 Å². The van der Waals surface area contributed by atoms with Crippen molar-refractivity contribution in [3.05, 3.63) is 29.0 Å². The van der Waals surface area contributed by atoms with Gasteiger partial charge < -0.3 is 10.7 Å². The quantitative estimate of drug-likeness (QED) is 0.758. The van der Waals surface area contributed by atoms with E-state index in [0.717, 1.165) is 16.9 Å². The first-order valence-corrected chi connectivity index (χ1v) is 4.80. The summed E-state index contributed by atoms with van der Waals surface area (Å²) in [6.07, 6.45) is 0. The molecule has 2 rings (SSSR count). The summed E-state index contributed by atoms with van der Waals surface area (Å²) in [6, 6.07) is 5.64. The molecule has 0 saturated heterocycles. The number of imidazole rings is 1. The van der Waals surface area contributed by atoms with E-state index < -0.39 is 5.54 Å². The topological polar surface area (TPSA) is 54.7 Å². The molecule has 0 bridgehead atoms. The number of halogens is 1. The van der Waals surface area contributed by atoms with E-state index in [1.54, 1.807) is 0 Å². The molecule has 3 N–H and O–H groups in total. The molecule has 2 aromatic rings. The van der Waals surface area contributed by atoms with Crippen LogP contribution in [0.5, 0.6) is 0 Å². The van der Waals surface area contributed by atoms with Gasteiger partial charge in [-0.1, -0.05) is 17.7 Å². The zero-order valence-corrected chi connectivity index (χ0v) is 8.89. The van der Waals surface area contributed by atoms with Crippen LogP contribution in [0, 0.1) is 0 Å². The van der Waals surface area contributed by atoms with E-state index in [1.165, 1.54) is 0 Å².